The average Bonchev–Trinajstić information content (AvgIpc) is 2.71. The van der Waals surface area contributed by atoms with Gasteiger partial charge in [0.2, 0.25) is 0 Å². The van der Waals surface area contributed by atoms with Crippen LogP contribution in [0.4, 0.5) is 0 Å². The molecule has 90 valence electrons. The SMILES string of the molecule is C/C=C1\CCC2(OCCO2)[C@H](CC(C)=O)C1. The first kappa shape index (κ1) is 11.8. The number of ketones is 1. The largest absolute Gasteiger partial charge is 0.347 e. The van der Waals surface area contributed by atoms with E-state index in [0.29, 0.717) is 19.6 Å². The second kappa shape index (κ2) is 4.68. The van der Waals surface area contributed by atoms with E-state index < -0.39 is 5.79 Å². The lowest BCUT2D eigenvalue weighted by atomic mass is 9.77. The Kier molecular flexibility index (Phi) is 3.45. The van der Waals surface area contributed by atoms with Crippen molar-refractivity contribution in [1.29, 1.82) is 0 Å². The van der Waals surface area contributed by atoms with Crippen molar-refractivity contribution in [1.82, 2.24) is 0 Å². The van der Waals surface area contributed by atoms with Gasteiger partial charge in [-0.25, -0.2) is 0 Å². The van der Waals surface area contributed by atoms with E-state index in [1.807, 2.05) is 0 Å². The smallest absolute Gasteiger partial charge is 0.172 e. The van der Waals surface area contributed by atoms with Gasteiger partial charge >= 0.3 is 0 Å². The Morgan fingerprint density at radius 2 is 2.19 bits per heavy atom. The Morgan fingerprint density at radius 3 is 2.75 bits per heavy atom. The van der Waals surface area contributed by atoms with Gasteiger partial charge in [0.25, 0.3) is 0 Å². The molecule has 0 amide bonds. The molecule has 1 spiro atoms. The Balaban J connectivity index is 2.14. The molecule has 1 saturated carbocycles. The fourth-order valence-electron chi connectivity index (χ4n) is 2.80. The summed E-state index contributed by atoms with van der Waals surface area (Å²) in [6.45, 7) is 5.04. The van der Waals surface area contributed by atoms with Gasteiger partial charge in [0.15, 0.2) is 5.79 Å². The third kappa shape index (κ3) is 2.20. The molecule has 0 aromatic heterocycles. The molecule has 2 fully saturated rings. The molecule has 1 atom stereocenters. The lowest BCUT2D eigenvalue weighted by Gasteiger charge is -2.40. The normalized spacial score (nSPS) is 31.1. The first-order valence-corrected chi connectivity index (χ1v) is 6.08. The van der Waals surface area contributed by atoms with Crippen LogP contribution in [0.15, 0.2) is 11.6 Å². The molecule has 1 aliphatic carbocycles. The second-order valence-corrected chi connectivity index (χ2v) is 4.76. The summed E-state index contributed by atoms with van der Waals surface area (Å²) in [5.41, 5.74) is 1.43. The molecule has 1 aliphatic heterocycles. The van der Waals surface area contributed by atoms with Gasteiger partial charge in [0.1, 0.15) is 5.78 Å². The number of hydrogen-bond acceptors (Lipinski definition) is 3. The summed E-state index contributed by atoms with van der Waals surface area (Å²) in [5, 5.41) is 0. The molecule has 3 nitrogen and oxygen atoms in total. The van der Waals surface area contributed by atoms with Crippen LogP contribution in [-0.4, -0.2) is 24.8 Å². The highest BCUT2D eigenvalue weighted by Crippen LogP contribution is 2.44. The van der Waals surface area contributed by atoms with Gasteiger partial charge in [0, 0.05) is 18.8 Å². The summed E-state index contributed by atoms with van der Waals surface area (Å²) in [6, 6.07) is 0. The van der Waals surface area contributed by atoms with Crippen molar-refractivity contribution in [2.45, 2.75) is 45.3 Å². The van der Waals surface area contributed by atoms with E-state index in [1.54, 1.807) is 6.92 Å². The minimum atomic E-state index is -0.460. The Labute approximate surface area is 96.8 Å². The summed E-state index contributed by atoms with van der Waals surface area (Å²) < 4.78 is 11.6. The zero-order valence-electron chi connectivity index (χ0n) is 10.1. The van der Waals surface area contributed by atoms with Crippen LogP contribution < -0.4 is 0 Å². The molecule has 2 rings (SSSR count). The predicted molar refractivity (Wildman–Crippen MR) is 61.0 cm³/mol. The number of hydrogen-bond donors (Lipinski definition) is 0. The van der Waals surface area contributed by atoms with Crippen molar-refractivity contribution in [2.24, 2.45) is 5.92 Å². The van der Waals surface area contributed by atoms with Crippen LogP contribution in [0.1, 0.15) is 39.5 Å². The quantitative estimate of drug-likeness (QED) is 0.676. The third-order valence-electron chi connectivity index (χ3n) is 3.64. The maximum Gasteiger partial charge on any atom is 0.172 e. The van der Waals surface area contributed by atoms with Crippen LogP contribution in [0.5, 0.6) is 0 Å². The molecule has 0 aromatic carbocycles. The highest BCUT2D eigenvalue weighted by Gasteiger charge is 2.46. The molecule has 3 heteroatoms. The van der Waals surface area contributed by atoms with Crippen molar-refractivity contribution >= 4 is 5.78 Å². The highest BCUT2D eigenvalue weighted by molar-refractivity contribution is 5.75. The number of carbonyl (C=O) groups is 1. The topological polar surface area (TPSA) is 35.5 Å². The highest BCUT2D eigenvalue weighted by atomic mass is 16.7. The predicted octanol–water partition coefficient (Wildman–Crippen LogP) is 2.46. The standard InChI is InChI=1S/C13H20O3/c1-3-11-4-5-13(15-6-7-16-13)12(9-11)8-10(2)14/h3,12H,4-9H2,1-2H3/b11-3+/t12-/m1/s1. The molecular formula is C13H20O3. The molecule has 0 aromatic rings. The number of ether oxygens (including phenoxy) is 2. The van der Waals surface area contributed by atoms with E-state index in [9.17, 15) is 4.79 Å². The van der Waals surface area contributed by atoms with Gasteiger partial charge in [-0.3, -0.25) is 0 Å². The summed E-state index contributed by atoms with van der Waals surface area (Å²) >= 11 is 0. The van der Waals surface area contributed by atoms with Crippen molar-refractivity contribution in [3.05, 3.63) is 11.6 Å². The summed E-state index contributed by atoms with van der Waals surface area (Å²) in [5.74, 6) is -0.0358. The first-order chi connectivity index (χ1) is 7.66. The van der Waals surface area contributed by atoms with Gasteiger partial charge in [-0.15, -0.1) is 0 Å². The molecule has 2 aliphatic rings. The Hall–Kier alpha value is -0.670. The fraction of sp³-hybridized carbons (Fsp3) is 0.769. The Bertz CT molecular complexity index is 300. The zero-order chi connectivity index (χ0) is 11.6. The van der Waals surface area contributed by atoms with E-state index >= 15 is 0 Å². The van der Waals surface area contributed by atoms with Crippen LogP contribution >= 0.6 is 0 Å². The number of carbonyl (C=O) groups excluding carboxylic acids is 1. The molecule has 0 radical (unpaired) electrons. The zero-order valence-corrected chi connectivity index (χ0v) is 10.1. The minimum Gasteiger partial charge on any atom is -0.347 e. The minimum absolute atomic E-state index is 0.201. The van der Waals surface area contributed by atoms with Gasteiger partial charge in [-0.05, 0) is 26.7 Å². The fourth-order valence-corrected chi connectivity index (χ4v) is 2.80. The van der Waals surface area contributed by atoms with Crippen LogP contribution in [0.25, 0.3) is 0 Å². The monoisotopic (exact) mass is 224 g/mol. The number of rotatable bonds is 2. The van der Waals surface area contributed by atoms with Crippen LogP contribution in [0.2, 0.25) is 0 Å². The van der Waals surface area contributed by atoms with Crippen LogP contribution in [0.3, 0.4) is 0 Å². The number of allylic oxidation sites excluding steroid dienone is 2. The Morgan fingerprint density at radius 1 is 1.50 bits per heavy atom. The van der Waals surface area contributed by atoms with E-state index in [0.717, 1.165) is 19.3 Å². The molecule has 0 unspecified atom stereocenters. The summed E-state index contributed by atoms with van der Waals surface area (Å²) in [7, 11) is 0. The van der Waals surface area contributed by atoms with E-state index in [2.05, 4.69) is 13.0 Å². The third-order valence-corrected chi connectivity index (χ3v) is 3.64. The van der Waals surface area contributed by atoms with Crippen molar-refractivity contribution in [3.8, 4) is 0 Å². The van der Waals surface area contributed by atoms with Gasteiger partial charge < -0.3 is 14.3 Å². The van der Waals surface area contributed by atoms with Gasteiger partial charge in [-0.1, -0.05) is 11.6 Å². The summed E-state index contributed by atoms with van der Waals surface area (Å²) in [4.78, 5) is 11.3. The van der Waals surface area contributed by atoms with E-state index in [1.165, 1.54) is 5.57 Å². The van der Waals surface area contributed by atoms with Gasteiger partial charge in [0.05, 0.1) is 13.2 Å². The lowest BCUT2D eigenvalue weighted by Crippen LogP contribution is -2.43. The second-order valence-electron chi connectivity index (χ2n) is 4.76. The molecule has 0 bridgehead atoms. The lowest BCUT2D eigenvalue weighted by molar-refractivity contribution is -0.207. The van der Waals surface area contributed by atoms with E-state index in [4.69, 9.17) is 9.47 Å². The number of Topliss-reactive ketones (excluding diaryl/α,β-unsaturated/α-hetero) is 1. The van der Waals surface area contributed by atoms with Crippen molar-refractivity contribution in [2.75, 3.05) is 13.2 Å². The van der Waals surface area contributed by atoms with E-state index in [-0.39, 0.29) is 11.7 Å². The molecule has 1 heterocycles. The van der Waals surface area contributed by atoms with Gasteiger partial charge in [-0.2, -0.15) is 0 Å². The maximum absolute atomic E-state index is 11.3. The molecule has 0 N–H and O–H groups in total. The van der Waals surface area contributed by atoms with Crippen LogP contribution in [-0.2, 0) is 14.3 Å². The average molecular weight is 224 g/mol. The molecule has 16 heavy (non-hydrogen) atoms. The first-order valence-electron chi connectivity index (χ1n) is 6.08. The molecular weight excluding hydrogens is 204 g/mol. The van der Waals surface area contributed by atoms with Crippen molar-refractivity contribution < 1.29 is 14.3 Å². The summed E-state index contributed by atoms with van der Waals surface area (Å²) in [6.07, 6.45) is 5.60. The molecule has 1 saturated heterocycles. The van der Waals surface area contributed by atoms with Crippen LogP contribution in [0, 0.1) is 5.92 Å². The van der Waals surface area contributed by atoms with Crippen molar-refractivity contribution in [3.63, 3.8) is 0 Å². The maximum atomic E-state index is 11.3.